The smallest absolute Gasteiger partial charge is 0.407 e. The molecular formula is C36H39N3O5. The van der Waals surface area contributed by atoms with Gasteiger partial charge in [-0.25, -0.2) is 4.79 Å². The van der Waals surface area contributed by atoms with Crippen molar-refractivity contribution >= 4 is 17.9 Å². The number of amides is 3. The number of hydrogen-bond donors (Lipinski definition) is 2. The summed E-state index contributed by atoms with van der Waals surface area (Å²) in [5.41, 5.74) is 9.47. The second kappa shape index (κ2) is 16.5. The van der Waals surface area contributed by atoms with Crippen LogP contribution in [0.4, 0.5) is 4.79 Å². The van der Waals surface area contributed by atoms with E-state index in [0.29, 0.717) is 12.8 Å². The van der Waals surface area contributed by atoms with Crippen LogP contribution >= 0.6 is 0 Å². The van der Waals surface area contributed by atoms with Crippen molar-refractivity contribution in [3.8, 4) is 5.75 Å². The van der Waals surface area contributed by atoms with Crippen LogP contribution in [0.25, 0.3) is 0 Å². The Bertz CT molecular complexity index is 1420. The van der Waals surface area contributed by atoms with Gasteiger partial charge in [-0.3, -0.25) is 9.59 Å². The second-order valence-corrected chi connectivity index (χ2v) is 10.4. The van der Waals surface area contributed by atoms with Gasteiger partial charge in [0, 0.05) is 13.1 Å². The fourth-order valence-electron chi connectivity index (χ4n) is 5.11. The number of nitrogens with zero attached hydrogens (tertiary/aromatic N) is 1. The number of methoxy groups -OCH3 is 1. The number of carbonyl (C=O) groups excluding carboxylic acids is 3. The molecule has 44 heavy (non-hydrogen) atoms. The number of benzene rings is 4. The van der Waals surface area contributed by atoms with Crippen molar-refractivity contribution in [3.63, 3.8) is 0 Å². The molecule has 0 saturated carbocycles. The molecular weight excluding hydrogens is 554 g/mol. The standard InChI is InChI=1S/C36H39N3O5/c1-43-31-21-19-27(20-22-31)23-25-39(35(41)33(29-14-7-3-8-15-29)30-16-9-4-10-17-30)32(34(37)40)18-11-24-38-36(42)44-26-28-12-5-2-6-13-28/h2-10,12-17,19-22,32-33H,11,18,23-26H2,1H3,(H2,37,40)(H,38,42)/t32-/m1/s1. The maximum Gasteiger partial charge on any atom is 0.407 e. The van der Waals surface area contributed by atoms with E-state index < -0.39 is 24.0 Å². The summed E-state index contributed by atoms with van der Waals surface area (Å²) in [6, 6.07) is 35.2. The van der Waals surface area contributed by atoms with Gasteiger partial charge in [0.2, 0.25) is 11.8 Å². The van der Waals surface area contributed by atoms with E-state index in [2.05, 4.69) is 5.32 Å². The first-order valence-corrected chi connectivity index (χ1v) is 14.7. The summed E-state index contributed by atoms with van der Waals surface area (Å²) in [5.74, 6) is -0.699. The molecule has 4 aromatic carbocycles. The third kappa shape index (κ3) is 9.19. The molecule has 0 heterocycles. The van der Waals surface area contributed by atoms with E-state index in [1.165, 1.54) is 0 Å². The topological polar surface area (TPSA) is 111 Å². The SMILES string of the molecule is COc1ccc(CCN(C(=O)C(c2ccccc2)c2ccccc2)[C@H](CCCNC(=O)OCc2ccccc2)C(N)=O)cc1. The first-order chi connectivity index (χ1) is 21.5. The van der Waals surface area contributed by atoms with Gasteiger partial charge in [0.25, 0.3) is 0 Å². The molecule has 0 aliphatic heterocycles. The monoisotopic (exact) mass is 593 g/mol. The van der Waals surface area contributed by atoms with E-state index in [9.17, 15) is 14.4 Å². The first kappa shape index (κ1) is 31.8. The number of alkyl carbamates (subject to hydrolysis) is 1. The maximum atomic E-state index is 14.5. The summed E-state index contributed by atoms with van der Waals surface area (Å²) in [7, 11) is 1.61. The largest absolute Gasteiger partial charge is 0.497 e. The molecule has 3 N–H and O–H groups in total. The number of carbonyl (C=O) groups is 3. The molecule has 228 valence electrons. The Kier molecular flexibility index (Phi) is 11.9. The molecule has 8 nitrogen and oxygen atoms in total. The Morgan fingerprint density at radius 3 is 1.89 bits per heavy atom. The summed E-state index contributed by atoms with van der Waals surface area (Å²) in [6.07, 6.45) is 0.658. The molecule has 3 amide bonds. The zero-order chi connectivity index (χ0) is 31.1. The van der Waals surface area contributed by atoms with Crippen LogP contribution in [0.15, 0.2) is 115 Å². The van der Waals surface area contributed by atoms with Crippen molar-refractivity contribution in [1.29, 1.82) is 0 Å². The van der Waals surface area contributed by atoms with Gasteiger partial charge in [-0.15, -0.1) is 0 Å². The maximum absolute atomic E-state index is 14.5. The predicted octanol–water partition coefficient (Wildman–Crippen LogP) is 5.46. The minimum absolute atomic E-state index is 0.157. The average Bonchev–Trinajstić information content (AvgIpc) is 3.06. The Balaban J connectivity index is 1.50. The first-order valence-electron chi connectivity index (χ1n) is 14.7. The quantitative estimate of drug-likeness (QED) is 0.178. The molecule has 4 rings (SSSR count). The van der Waals surface area contributed by atoms with E-state index in [0.717, 1.165) is 28.0 Å². The number of primary amides is 1. The molecule has 0 unspecified atom stereocenters. The second-order valence-electron chi connectivity index (χ2n) is 10.4. The van der Waals surface area contributed by atoms with Crippen molar-refractivity contribution in [1.82, 2.24) is 10.2 Å². The van der Waals surface area contributed by atoms with E-state index in [1.807, 2.05) is 115 Å². The fraction of sp³-hybridized carbons (Fsp3) is 0.250. The van der Waals surface area contributed by atoms with Gasteiger partial charge < -0.3 is 25.4 Å². The van der Waals surface area contributed by atoms with Crippen LogP contribution in [0, 0.1) is 0 Å². The number of hydrogen-bond acceptors (Lipinski definition) is 5. The molecule has 0 spiro atoms. The molecule has 0 aromatic heterocycles. The van der Waals surface area contributed by atoms with E-state index >= 15 is 0 Å². The van der Waals surface area contributed by atoms with Crippen molar-refractivity contribution in [2.75, 3.05) is 20.2 Å². The van der Waals surface area contributed by atoms with Gasteiger partial charge in [0.05, 0.1) is 13.0 Å². The van der Waals surface area contributed by atoms with Crippen LogP contribution in [-0.4, -0.2) is 49.0 Å². The Hall–Kier alpha value is -5.11. The Morgan fingerprint density at radius 2 is 1.34 bits per heavy atom. The lowest BCUT2D eigenvalue weighted by Gasteiger charge is -2.33. The molecule has 0 radical (unpaired) electrons. The zero-order valence-corrected chi connectivity index (χ0v) is 24.9. The minimum atomic E-state index is -0.877. The van der Waals surface area contributed by atoms with Crippen LogP contribution in [0.5, 0.6) is 5.75 Å². The van der Waals surface area contributed by atoms with Gasteiger partial charge in [0.15, 0.2) is 0 Å². The van der Waals surface area contributed by atoms with E-state index in [-0.39, 0.29) is 32.0 Å². The number of nitrogens with two attached hydrogens (primary N) is 1. The van der Waals surface area contributed by atoms with Crippen molar-refractivity contribution in [2.24, 2.45) is 5.73 Å². The highest BCUT2D eigenvalue weighted by atomic mass is 16.5. The van der Waals surface area contributed by atoms with Crippen molar-refractivity contribution in [2.45, 2.75) is 37.8 Å². The predicted molar refractivity (Wildman–Crippen MR) is 170 cm³/mol. The molecule has 0 aliphatic rings. The van der Waals surface area contributed by atoms with Crippen LogP contribution < -0.4 is 15.8 Å². The number of rotatable bonds is 15. The fourth-order valence-corrected chi connectivity index (χ4v) is 5.11. The van der Waals surface area contributed by atoms with Gasteiger partial charge >= 0.3 is 6.09 Å². The molecule has 0 aliphatic carbocycles. The van der Waals surface area contributed by atoms with Gasteiger partial charge in [-0.05, 0) is 53.6 Å². The molecule has 8 heteroatoms. The highest BCUT2D eigenvalue weighted by molar-refractivity contribution is 5.92. The number of ether oxygens (including phenoxy) is 2. The average molecular weight is 594 g/mol. The number of nitrogens with one attached hydrogen (secondary N) is 1. The lowest BCUT2D eigenvalue weighted by Crippen LogP contribution is -2.50. The summed E-state index contributed by atoms with van der Waals surface area (Å²) in [5, 5.41) is 2.73. The highest BCUT2D eigenvalue weighted by Gasteiger charge is 2.34. The summed E-state index contributed by atoms with van der Waals surface area (Å²) >= 11 is 0. The molecule has 1 atom stereocenters. The third-order valence-corrected chi connectivity index (χ3v) is 7.44. The van der Waals surface area contributed by atoms with Crippen LogP contribution in [0.1, 0.15) is 41.0 Å². The van der Waals surface area contributed by atoms with Crippen LogP contribution in [0.3, 0.4) is 0 Å². The Labute approximate surface area is 258 Å². The summed E-state index contributed by atoms with van der Waals surface area (Å²) in [4.78, 5) is 41.3. The molecule has 0 bridgehead atoms. The zero-order valence-electron chi connectivity index (χ0n) is 24.9. The van der Waals surface area contributed by atoms with Crippen molar-refractivity contribution < 1.29 is 23.9 Å². The lowest BCUT2D eigenvalue weighted by atomic mass is 9.89. The lowest BCUT2D eigenvalue weighted by molar-refractivity contribution is -0.140. The van der Waals surface area contributed by atoms with Gasteiger partial charge in [-0.1, -0.05) is 103 Å². The Morgan fingerprint density at radius 1 is 0.773 bits per heavy atom. The molecule has 4 aromatic rings. The van der Waals surface area contributed by atoms with E-state index in [1.54, 1.807) is 12.0 Å². The van der Waals surface area contributed by atoms with Crippen LogP contribution in [0.2, 0.25) is 0 Å². The van der Waals surface area contributed by atoms with Crippen LogP contribution in [-0.2, 0) is 27.4 Å². The minimum Gasteiger partial charge on any atom is -0.497 e. The third-order valence-electron chi connectivity index (χ3n) is 7.44. The highest BCUT2D eigenvalue weighted by Crippen LogP contribution is 2.28. The normalized spacial score (nSPS) is 11.4. The molecule has 0 saturated heterocycles. The molecule has 0 fully saturated rings. The summed E-state index contributed by atoms with van der Waals surface area (Å²) in [6.45, 7) is 0.699. The van der Waals surface area contributed by atoms with Crippen molar-refractivity contribution in [3.05, 3.63) is 138 Å². The summed E-state index contributed by atoms with van der Waals surface area (Å²) < 4.78 is 10.6. The van der Waals surface area contributed by atoms with Gasteiger partial charge in [0.1, 0.15) is 18.4 Å². The van der Waals surface area contributed by atoms with E-state index in [4.69, 9.17) is 15.2 Å². The van der Waals surface area contributed by atoms with Gasteiger partial charge in [-0.2, -0.15) is 0 Å².